The molecule has 2 aromatic rings. The Morgan fingerprint density at radius 3 is 2.48 bits per heavy atom. The van der Waals surface area contributed by atoms with E-state index in [0.29, 0.717) is 5.69 Å². The molecule has 0 heterocycles. The summed E-state index contributed by atoms with van der Waals surface area (Å²) in [6, 6.07) is 8.16. The predicted molar refractivity (Wildman–Crippen MR) is 76.9 cm³/mol. The average molecular weight is 288 g/mol. The lowest BCUT2D eigenvalue weighted by molar-refractivity contribution is -0.385. The van der Waals surface area contributed by atoms with Gasteiger partial charge in [0.25, 0.3) is 11.6 Å². The van der Waals surface area contributed by atoms with Crippen LogP contribution >= 0.6 is 0 Å². The van der Waals surface area contributed by atoms with E-state index in [9.17, 15) is 19.3 Å². The number of aryl methyl sites for hydroxylation is 2. The van der Waals surface area contributed by atoms with Crippen LogP contribution in [0.1, 0.15) is 21.5 Å². The second-order valence-corrected chi connectivity index (χ2v) is 4.67. The zero-order valence-electron chi connectivity index (χ0n) is 11.5. The second kappa shape index (κ2) is 5.70. The van der Waals surface area contributed by atoms with E-state index in [-0.39, 0.29) is 5.56 Å². The van der Waals surface area contributed by atoms with E-state index >= 15 is 0 Å². The van der Waals surface area contributed by atoms with Crippen LogP contribution in [0, 0.1) is 29.8 Å². The molecule has 21 heavy (non-hydrogen) atoms. The number of nitro groups is 1. The van der Waals surface area contributed by atoms with Gasteiger partial charge in [0.05, 0.1) is 11.0 Å². The first kappa shape index (κ1) is 14.6. The lowest BCUT2D eigenvalue weighted by Gasteiger charge is -2.08. The third-order valence-electron chi connectivity index (χ3n) is 3.17. The molecule has 6 heteroatoms. The van der Waals surface area contributed by atoms with Crippen molar-refractivity contribution in [2.24, 2.45) is 0 Å². The highest BCUT2D eigenvalue weighted by atomic mass is 19.1. The SMILES string of the molecule is Cc1ccc(NC(=O)c2ccc(F)cc2[N+](=O)[O-])cc1C. The number of carbonyl (C=O) groups is 1. The molecule has 2 rings (SSSR count). The van der Waals surface area contributed by atoms with Gasteiger partial charge < -0.3 is 5.32 Å². The third-order valence-corrected chi connectivity index (χ3v) is 3.17. The highest BCUT2D eigenvalue weighted by molar-refractivity contribution is 6.07. The second-order valence-electron chi connectivity index (χ2n) is 4.67. The van der Waals surface area contributed by atoms with Gasteiger partial charge in [0, 0.05) is 5.69 Å². The normalized spacial score (nSPS) is 10.2. The number of amides is 1. The molecule has 108 valence electrons. The summed E-state index contributed by atoms with van der Waals surface area (Å²) in [5.41, 5.74) is 1.85. The maximum Gasteiger partial charge on any atom is 0.285 e. The van der Waals surface area contributed by atoms with Gasteiger partial charge >= 0.3 is 0 Å². The molecular formula is C15H13FN2O3. The van der Waals surface area contributed by atoms with Crippen molar-refractivity contribution in [3.05, 3.63) is 69.0 Å². The monoisotopic (exact) mass is 288 g/mol. The van der Waals surface area contributed by atoms with Gasteiger partial charge in [-0.3, -0.25) is 14.9 Å². The summed E-state index contributed by atoms with van der Waals surface area (Å²) in [7, 11) is 0. The number of benzene rings is 2. The average Bonchev–Trinajstić information content (AvgIpc) is 2.42. The van der Waals surface area contributed by atoms with Gasteiger partial charge in [-0.05, 0) is 49.2 Å². The summed E-state index contributed by atoms with van der Waals surface area (Å²) >= 11 is 0. The summed E-state index contributed by atoms with van der Waals surface area (Å²) in [6.45, 7) is 3.83. The van der Waals surface area contributed by atoms with Crippen LogP contribution in [0.15, 0.2) is 36.4 Å². The van der Waals surface area contributed by atoms with Gasteiger partial charge in [-0.1, -0.05) is 6.07 Å². The molecule has 0 fully saturated rings. The van der Waals surface area contributed by atoms with Crippen molar-refractivity contribution >= 4 is 17.3 Å². The molecule has 0 radical (unpaired) electrons. The standard InChI is InChI=1S/C15H13FN2O3/c1-9-3-5-12(7-10(9)2)17-15(19)13-6-4-11(16)8-14(13)18(20)21/h3-8H,1-2H3,(H,17,19). The van der Waals surface area contributed by atoms with Gasteiger partial charge in [-0.25, -0.2) is 4.39 Å². The van der Waals surface area contributed by atoms with E-state index in [2.05, 4.69) is 5.32 Å². The molecule has 2 aromatic carbocycles. The molecule has 0 atom stereocenters. The smallest absolute Gasteiger partial charge is 0.285 e. The van der Waals surface area contributed by atoms with Gasteiger partial charge in [0.1, 0.15) is 11.4 Å². The number of nitrogens with one attached hydrogen (secondary N) is 1. The number of halogens is 1. The van der Waals surface area contributed by atoms with Gasteiger partial charge in [-0.2, -0.15) is 0 Å². The van der Waals surface area contributed by atoms with Gasteiger partial charge in [0.2, 0.25) is 0 Å². The maximum atomic E-state index is 13.1. The number of nitrogens with zero attached hydrogens (tertiary/aromatic N) is 1. The zero-order chi connectivity index (χ0) is 15.6. The topological polar surface area (TPSA) is 72.2 Å². The zero-order valence-corrected chi connectivity index (χ0v) is 11.5. The summed E-state index contributed by atoms with van der Waals surface area (Å²) in [5, 5.41) is 13.5. The Balaban J connectivity index is 2.32. The molecule has 0 spiro atoms. The fourth-order valence-electron chi connectivity index (χ4n) is 1.87. The van der Waals surface area contributed by atoms with Crippen molar-refractivity contribution in [2.75, 3.05) is 5.32 Å². The highest BCUT2D eigenvalue weighted by Crippen LogP contribution is 2.22. The van der Waals surface area contributed by atoms with Crippen LogP contribution < -0.4 is 5.32 Å². The summed E-state index contributed by atoms with van der Waals surface area (Å²) in [4.78, 5) is 22.2. The number of anilines is 1. The third kappa shape index (κ3) is 3.22. The molecule has 0 saturated carbocycles. The molecular weight excluding hydrogens is 275 g/mol. The lowest BCUT2D eigenvalue weighted by Crippen LogP contribution is -2.14. The van der Waals surface area contributed by atoms with Gasteiger partial charge in [0.15, 0.2) is 0 Å². The molecule has 0 saturated heterocycles. The summed E-state index contributed by atoms with van der Waals surface area (Å²) in [6.07, 6.45) is 0. The first-order valence-corrected chi connectivity index (χ1v) is 6.21. The van der Waals surface area contributed by atoms with Crippen LogP contribution in [0.5, 0.6) is 0 Å². The number of carbonyl (C=O) groups excluding carboxylic acids is 1. The Morgan fingerprint density at radius 1 is 1.14 bits per heavy atom. The van der Waals surface area contributed by atoms with Crippen molar-refractivity contribution in [2.45, 2.75) is 13.8 Å². The number of hydrogen-bond donors (Lipinski definition) is 1. The predicted octanol–water partition coefficient (Wildman–Crippen LogP) is 3.60. The highest BCUT2D eigenvalue weighted by Gasteiger charge is 2.21. The Morgan fingerprint density at radius 2 is 1.86 bits per heavy atom. The number of hydrogen-bond acceptors (Lipinski definition) is 3. The minimum absolute atomic E-state index is 0.181. The van der Waals surface area contributed by atoms with Crippen LogP contribution in [0.4, 0.5) is 15.8 Å². The summed E-state index contributed by atoms with van der Waals surface area (Å²) in [5.74, 6) is -1.41. The maximum absolute atomic E-state index is 13.1. The Bertz CT molecular complexity index is 729. The van der Waals surface area contributed by atoms with Crippen molar-refractivity contribution in [3.63, 3.8) is 0 Å². The Kier molecular flexibility index (Phi) is 3.98. The molecule has 1 N–H and O–H groups in total. The van der Waals surface area contributed by atoms with Crippen molar-refractivity contribution in [1.82, 2.24) is 0 Å². The first-order chi connectivity index (χ1) is 9.88. The quantitative estimate of drug-likeness (QED) is 0.692. The van der Waals surface area contributed by atoms with Crippen LogP contribution in [-0.2, 0) is 0 Å². The molecule has 5 nitrogen and oxygen atoms in total. The molecule has 0 aromatic heterocycles. The lowest BCUT2D eigenvalue weighted by atomic mass is 10.1. The van der Waals surface area contributed by atoms with Gasteiger partial charge in [-0.15, -0.1) is 0 Å². The minimum Gasteiger partial charge on any atom is -0.322 e. The van der Waals surface area contributed by atoms with E-state index < -0.39 is 22.3 Å². The van der Waals surface area contributed by atoms with Crippen LogP contribution in [0.3, 0.4) is 0 Å². The Labute approximate surface area is 120 Å². The molecule has 1 amide bonds. The van der Waals surface area contributed by atoms with E-state index in [1.165, 1.54) is 0 Å². The first-order valence-electron chi connectivity index (χ1n) is 6.21. The minimum atomic E-state index is -0.779. The van der Waals surface area contributed by atoms with E-state index in [1.54, 1.807) is 12.1 Å². The van der Waals surface area contributed by atoms with Crippen LogP contribution in [-0.4, -0.2) is 10.8 Å². The van der Waals surface area contributed by atoms with E-state index in [4.69, 9.17) is 0 Å². The number of rotatable bonds is 3. The Hall–Kier alpha value is -2.76. The fourth-order valence-corrected chi connectivity index (χ4v) is 1.87. The van der Waals surface area contributed by atoms with Crippen molar-refractivity contribution in [3.8, 4) is 0 Å². The number of nitro benzene ring substituents is 1. The van der Waals surface area contributed by atoms with Crippen molar-refractivity contribution < 1.29 is 14.1 Å². The van der Waals surface area contributed by atoms with Crippen molar-refractivity contribution in [1.29, 1.82) is 0 Å². The van der Waals surface area contributed by atoms with Crippen LogP contribution in [0.2, 0.25) is 0 Å². The fraction of sp³-hybridized carbons (Fsp3) is 0.133. The largest absolute Gasteiger partial charge is 0.322 e. The molecule has 0 aliphatic carbocycles. The summed E-state index contributed by atoms with van der Waals surface area (Å²) < 4.78 is 13.1. The van der Waals surface area contributed by atoms with Crippen LogP contribution in [0.25, 0.3) is 0 Å². The molecule has 0 aliphatic rings. The van der Waals surface area contributed by atoms with E-state index in [1.807, 2.05) is 19.9 Å². The molecule has 0 aliphatic heterocycles. The molecule has 0 bridgehead atoms. The van der Waals surface area contributed by atoms with E-state index in [0.717, 1.165) is 29.3 Å². The molecule has 0 unspecified atom stereocenters.